The maximum absolute atomic E-state index is 7.24. The molecule has 0 aromatic carbocycles. The number of hydrogen-bond acceptors (Lipinski definition) is 3. The van der Waals surface area contributed by atoms with Crippen molar-refractivity contribution in [1.82, 2.24) is 4.98 Å². The van der Waals surface area contributed by atoms with Crippen LogP contribution in [0.2, 0.25) is 0 Å². The van der Waals surface area contributed by atoms with Crippen molar-refractivity contribution in [2.45, 2.75) is 20.3 Å². The van der Waals surface area contributed by atoms with Crippen LogP contribution in [0.1, 0.15) is 19.4 Å². The van der Waals surface area contributed by atoms with Gasteiger partial charge in [-0.05, 0) is 12.0 Å². The van der Waals surface area contributed by atoms with Crippen molar-refractivity contribution in [2.24, 2.45) is 11.7 Å². The lowest BCUT2D eigenvalue weighted by Crippen LogP contribution is -2.14. The van der Waals surface area contributed by atoms with Crippen molar-refractivity contribution in [3.63, 3.8) is 0 Å². The average molecular weight is 207 g/mol. The molecule has 0 saturated heterocycles. The van der Waals surface area contributed by atoms with Gasteiger partial charge in [0, 0.05) is 24.4 Å². The Balaban J connectivity index is 2.72. The number of rotatable bonds is 5. The molecule has 0 saturated carbocycles. The largest absolute Gasteiger partial charge is 0.493 e. The highest BCUT2D eigenvalue weighted by molar-refractivity contribution is 5.80. The minimum absolute atomic E-state index is 0.123. The number of pyridine rings is 1. The monoisotopic (exact) mass is 207 g/mol. The molecule has 0 fully saturated rings. The van der Waals surface area contributed by atoms with Crippen molar-refractivity contribution in [3.05, 3.63) is 24.0 Å². The first-order valence-electron chi connectivity index (χ1n) is 4.98. The SMILES string of the molecule is CC(C)COc1ccncc1CC(=N)N. The van der Waals surface area contributed by atoms with E-state index in [1.807, 2.05) is 0 Å². The molecule has 1 aromatic rings. The zero-order chi connectivity index (χ0) is 11.3. The molecule has 1 rings (SSSR count). The van der Waals surface area contributed by atoms with Crippen molar-refractivity contribution in [3.8, 4) is 5.75 Å². The summed E-state index contributed by atoms with van der Waals surface area (Å²) in [4.78, 5) is 3.99. The van der Waals surface area contributed by atoms with E-state index in [0.29, 0.717) is 18.9 Å². The highest BCUT2D eigenvalue weighted by Crippen LogP contribution is 2.17. The third kappa shape index (κ3) is 3.97. The zero-order valence-corrected chi connectivity index (χ0v) is 9.16. The third-order valence-electron chi connectivity index (χ3n) is 1.81. The van der Waals surface area contributed by atoms with Gasteiger partial charge in [0.15, 0.2) is 0 Å². The lowest BCUT2D eigenvalue weighted by Gasteiger charge is -2.11. The topological polar surface area (TPSA) is 72.0 Å². The molecule has 0 aliphatic rings. The van der Waals surface area contributed by atoms with E-state index in [9.17, 15) is 0 Å². The number of aromatic nitrogens is 1. The molecule has 0 radical (unpaired) electrons. The van der Waals surface area contributed by atoms with Gasteiger partial charge in [-0.15, -0.1) is 0 Å². The van der Waals surface area contributed by atoms with Gasteiger partial charge in [0.05, 0.1) is 12.4 Å². The fourth-order valence-corrected chi connectivity index (χ4v) is 1.15. The first-order chi connectivity index (χ1) is 7.09. The Labute approximate surface area is 90.0 Å². The standard InChI is InChI=1S/C11H17N3O/c1-8(2)7-15-10-3-4-14-6-9(10)5-11(12)13/h3-4,6,8H,5,7H2,1-2H3,(H3,12,13). The summed E-state index contributed by atoms with van der Waals surface area (Å²) in [7, 11) is 0. The summed E-state index contributed by atoms with van der Waals surface area (Å²) in [5, 5.41) is 7.24. The van der Waals surface area contributed by atoms with Crippen LogP contribution in [0.4, 0.5) is 0 Å². The van der Waals surface area contributed by atoms with Gasteiger partial charge < -0.3 is 10.5 Å². The first kappa shape index (κ1) is 11.5. The molecule has 4 heteroatoms. The molecule has 4 nitrogen and oxygen atoms in total. The van der Waals surface area contributed by atoms with Crippen LogP contribution in [-0.4, -0.2) is 17.4 Å². The van der Waals surface area contributed by atoms with Gasteiger partial charge in [0.1, 0.15) is 5.75 Å². The predicted molar refractivity (Wildman–Crippen MR) is 60.2 cm³/mol. The number of nitrogens with zero attached hydrogens (tertiary/aromatic N) is 1. The molecule has 0 amide bonds. The first-order valence-corrected chi connectivity index (χ1v) is 4.98. The molecular formula is C11H17N3O. The minimum Gasteiger partial charge on any atom is -0.493 e. The van der Waals surface area contributed by atoms with Gasteiger partial charge in [-0.1, -0.05) is 13.8 Å². The van der Waals surface area contributed by atoms with Crippen molar-refractivity contribution < 1.29 is 4.74 Å². The number of nitrogens with two attached hydrogens (primary N) is 1. The maximum Gasteiger partial charge on any atom is 0.126 e. The lowest BCUT2D eigenvalue weighted by atomic mass is 10.2. The second-order valence-corrected chi connectivity index (χ2v) is 3.89. The molecule has 82 valence electrons. The van der Waals surface area contributed by atoms with Gasteiger partial charge in [0.25, 0.3) is 0 Å². The summed E-state index contributed by atoms with van der Waals surface area (Å²) in [6, 6.07) is 1.81. The van der Waals surface area contributed by atoms with E-state index in [1.165, 1.54) is 0 Å². The number of hydrogen-bond donors (Lipinski definition) is 2. The fourth-order valence-electron chi connectivity index (χ4n) is 1.15. The van der Waals surface area contributed by atoms with Crippen LogP contribution in [0.15, 0.2) is 18.5 Å². The zero-order valence-electron chi connectivity index (χ0n) is 9.16. The van der Waals surface area contributed by atoms with E-state index in [4.69, 9.17) is 15.9 Å². The second kappa shape index (κ2) is 5.34. The van der Waals surface area contributed by atoms with Crippen LogP contribution >= 0.6 is 0 Å². The summed E-state index contributed by atoms with van der Waals surface area (Å²) in [5.74, 6) is 1.37. The normalized spacial score (nSPS) is 10.3. The van der Waals surface area contributed by atoms with Gasteiger partial charge in [0.2, 0.25) is 0 Å². The Kier molecular flexibility index (Phi) is 4.09. The molecule has 1 aromatic heterocycles. The number of amidine groups is 1. The molecule has 15 heavy (non-hydrogen) atoms. The van der Waals surface area contributed by atoms with Crippen LogP contribution in [0, 0.1) is 11.3 Å². The molecule has 0 aliphatic heterocycles. The quantitative estimate of drug-likeness (QED) is 0.569. The summed E-state index contributed by atoms with van der Waals surface area (Å²) >= 11 is 0. The lowest BCUT2D eigenvalue weighted by molar-refractivity contribution is 0.269. The molecule has 0 aliphatic carbocycles. The second-order valence-electron chi connectivity index (χ2n) is 3.89. The van der Waals surface area contributed by atoms with Crippen molar-refractivity contribution in [1.29, 1.82) is 5.41 Å². The molecular weight excluding hydrogens is 190 g/mol. The summed E-state index contributed by atoms with van der Waals surface area (Å²) < 4.78 is 5.61. The van der Waals surface area contributed by atoms with Crippen LogP contribution in [0.3, 0.4) is 0 Å². The van der Waals surface area contributed by atoms with Crippen LogP contribution < -0.4 is 10.5 Å². The smallest absolute Gasteiger partial charge is 0.126 e. The van der Waals surface area contributed by atoms with Crippen molar-refractivity contribution in [2.75, 3.05) is 6.61 Å². The maximum atomic E-state index is 7.24. The van der Waals surface area contributed by atoms with Crippen molar-refractivity contribution >= 4 is 5.84 Å². The van der Waals surface area contributed by atoms with E-state index in [1.54, 1.807) is 18.5 Å². The average Bonchev–Trinajstić information content (AvgIpc) is 2.15. The molecule has 1 heterocycles. The van der Waals surface area contributed by atoms with Crippen LogP contribution in [-0.2, 0) is 6.42 Å². The van der Waals surface area contributed by atoms with E-state index in [-0.39, 0.29) is 5.84 Å². The summed E-state index contributed by atoms with van der Waals surface area (Å²) in [5.41, 5.74) is 6.22. The highest BCUT2D eigenvalue weighted by Gasteiger charge is 2.05. The predicted octanol–water partition coefficient (Wildman–Crippen LogP) is 1.59. The third-order valence-corrected chi connectivity index (χ3v) is 1.81. The fraction of sp³-hybridized carbons (Fsp3) is 0.455. The minimum atomic E-state index is 0.123. The molecule has 3 N–H and O–H groups in total. The van der Waals surface area contributed by atoms with Crippen LogP contribution in [0.5, 0.6) is 5.75 Å². The molecule has 0 unspecified atom stereocenters. The van der Waals surface area contributed by atoms with E-state index >= 15 is 0 Å². The number of ether oxygens (including phenoxy) is 1. The Morgan fingerprint density at radius 1 is 1.60 bits per heavy atom. The highest BCUT2D eigenvalue weighted by atomic mass is 16.5. The Hall–Kier alpha value is -1.58. The Bertz CT molecular complexity index is 336. The van der Waals surface area contributed by atoms with Gasteiger partial charge in [-0.25, -0.2) is 0 Å². The summed E-state index contributed by atoms with van der Waals surface area (Å²) in [6.45, 7) is 4.84. The molecule has 0 spiro atoms. The van der Waals surface area contributed by atoms with Gasteiger partial charge in [-0.2, -0.15) is 0 Å². The van der Waals surface area contributed by atoms with Gasteiger partial charge in [-0.3, -0.25) is 10.4 Å². The number of nitrogens with one attached hydrogen (secondary N) is 1. The molecule has 0 atom stereocenters. The van der Waals surface area contributed by atoms with E-state index in [0.717, 1.165) is 11.3 Å². The van der Waals surface area contributed by atoms with E-state index in [2.05, 4.69) is 18.8 Å². The summed E-state index contributed by atoms with van der Waals surface area (Å²) in [6.07, 6.45) is 3.76. The van der Waals surface area contributed by atoms with Gasteiger partial charge >= 0.3 is 0 Å². The Morgan fingerprint density at radius 3 is 2.93 bits per heavy atom. The van der Waals surface area contributed by atoms with Crippen LogP contribution in [0.25, 0.3) is 0 Å². The molecule has 0 bridgehead atoms. The van der Waals surface area contributed by atoms with E-state index < -0.39 is 0 Å². The Morgan fingerprint density at radius 2 is 2.33 bits per heavy atom.